The molecule has 0 unspecified atom stereocenters. The van der Waals surface area contributed by atoms with Crippen molar-refractivity contribution in [2.45, 2.75) is 0 Å². The molecular formula is C19H15NO3S. The van der Waals surface area contributed by atoms with Gasteiger partial charge < -0.3 is 14.2 Å². The fraction of sp³-hybridized carbons (Fsp3) is 0.105. The molecule has 0 bridgehead atoms. The third-order valence-corrected chi connectivity index (χ3v) is 4.53. The Labute approximate surface area is 144 Å². The van der Waals surface area contributed by atoms with Gasteiger partial charge >= 0.3 is 0 Å². The minimum Gasteiger partial charge on any atom is -0.497 e. The second kappa shape index (κ2) is 6.37. The highest BCUT2D eigenvalue weighted by atomic mass is 32.1. The second-order valence-corrected chi connectivity index (χ2v) is 6.14. The van der Waals surface area contributed by atoms with E-state index >= 15 is 0 Å². The maximum absolute atomic E-state index is 5.39. The number of aromatic nitrogens is 1. The molecule has 0 atom stereocenters. The van der Waals surface area contributed by atoms with E-state index < -0.39 is 0 Å². The molecule has 0 saturated heterocycles. The van der Waals surface area contributed by atoms with Crippen molar-refractivity contribution in [3.63, 3.8) is 0 Å². The van der Waals surface area contributed by atoms with Gasteiger partial charge in [-0.3, -0.25) is 0 Å². The molecule has 5 heteroatoms. The summed E-state index contributed by atoms with van der Waals surface area (Å²) in [5.41, 5.74) is 3.10. The molecule has 0 amide bonds. The van der Waals surface area contributed by atoms with E-state index in [0.29, 0.717) is 6.79 Å². The number of nitrogens with zero attached hydrogens (tertiary/aromatic N) is 1. The lowest BCUT2D eigenvalue weighted by atomic mass is 10.2. The highest BCUT2D eigenvalue weighted by Crippen LogP contribution is 2.33. The van der Waals surface area contributed by atoms with Crippen molar-refractivity contribution >= 4 is 23.5 Å². The Hall–Kier alpha value is -2.79. The van der Waals surface area contributed by atoms with Gasteiger partial charge in [0.2, 0.25) is 6.79 Å². The molecule has 0 aliphatic carbocycles. The Kier molecular flexibility index (Phi) is 3.92. The van der Waals surface area contributed by atoms with E-state index in [4.69, 9.17) is 14.2 Å². The minimum absolute atomic E-state index is 0.292. The molecule has 24 heavy (non-hydrogen) atoms. The van der Waals surface area contributed by atoms with E-state index in [1.165, 1.54) is 0 Å². The average molecular weight is 337 g/mol. The summed E-state index contributed by atoms with van der Waals surface area (Å²) in [7, 11) is 1.66. The molecule has 120 valence electrons. The molecule has 0 spiro atoms. The quantitative estimate of drug-likeness (QED) is 0.691. The first-order valence-corrected chi connectivity index (χ1v) is 8.37. The van der Waals surface area contributed by atoms with Gasteiger partial charge in [-0.2, -0.15) is 0 Å². The van der Waals surface area contributed by atoms with Crippen LogP contribution in [0.15, 0.2) is 47.8 Å². The zero-order valence-electron chi connectivity index (χ0n) is 13.1. The van der Waals surface area contributed by atoms with Crippen molar-refractivity contribution in [3.05, 3.63) is 58.4 Å². The Morgan fingerprint density at radius 3 is 2.71 bits per heavy atom. The number of benzene rings is 2. The van der Waals surface area contributed by atoms with Crippen LogP contribution in [0.3, 0.4) is 0 Å². The molecule has 1 aliphatic rings. The highest BCUT2D eigenvalue weighted by molar-refractivity contribution is 7.10. The van der Waals surface area contributed by atoms with E-state index in [1.807, 2.05) is 54.6 Å². The first-order chi connectivity index (χ1) is 11.8. The number of ether oxygens (including phenoxy) is 3. The predicted molar refractivity (Wildman–Crippen MR) is 95.6 cm³/mol. The fourth-order valence-corrected chi connectivity index (χ4v) is 3.16. The molecule has 1 aliphatic heterocycles. The Morgan fingerprint density at radius 2 is 1.88 bits per heavy atom. The average Bonchev–Trinajstić information content (AvgIpc) is 3.29. The Balaban J connectivity index is 1.52. The van der Waals surface area contributed by atoms with Crippen LogP contribution in [-0.4, -0.2) is 18.9 Å². The van der Waals surface area contributed by atoms with Crippen LogP contribution in [0.5, 0.6) is 17.2 Å². The summed E-state index contributed by atoms with van der Waals surface area (Å²) in [5.74, 6) is 2.43. The highest BCUT2D eigenvalue weighted by Gasteiger charge is 2.12. The molecule has 3 aromatic rings. The molecule has 0 radical (unpaired) electrons. The van der Waals surface area contributed by atoms with Crippen molar-refractivity contribution in [2.75, 3.05) is 13.9 Å². The molecule has 4 rings (SSSR count). The van der Waals surface area contributed by atoms with E-state index in [-0.39, 0.29) is 0 Å². The van der Waals surface area contributed by atoms with Crippen molar-refractivity contribution in [3.8, 4) is 28.5 Å². The molecule has 4 nitrogen and oxygen atoms in total. The largest absolute Gasteiger partial charge is 0.497 e. The summed E-state index contributed by atoms with van der Waals surface area (Å²) in [6.45, 7) is 0.292. The summed E-state index contributed by atoms with van der Waals surface area (Å²) >= 11 is 1.61. The molecule has 0 saturated carbocycles. The van der Waals surface area contributed by atoms with E-state index in [2.05, 4.69) is 10.4 Å². The Bertz CT molecular complexity index is 884. The third-order valence-electron chi connectivity index (χ3n) is 3.72. The van der Waals surface area contributed by atoms with Crippen LogP contribution < -0.4 is 14.2 Å². The number of hydrogen-bond donors (Lipinski definition) is 0. The molecular weight excluding hydrogens is 322 g/mol. The van der Waals surface area contributed by atoms with Crippen LogP contribution in [0.25, 0.3) is 23.4 Å². The standard InChI is InChI=1S/C19H15NO3S/c1-21-15-6-4-14(5-7-15)16-11-24-19(20-16)9-3-13-2-8-17-18(10-13)23-12-22-17/h2-11H,12H2,1H3. The molecule has 0 N–H and O–H groups in total. The van der Waals surface area contributed by atoms with Crippen LogP contribution in [0.2, 0.25) is 0 Å². The van der Waals surface area contributed by atoms with E-state index in [0.717, 1.165) is 39.1 Å². The number of thiazole rings is 1. The molecule has 2 aromatic carbocycles. The van der Waals surface area contributed by atoms with Gasteiger partial charge in [0, 0.05) is 10.9 Å². The number of rotatable bonds is 4. The summed E-state index contributed by atoms with van der Waals surface area (Å²) < 4.78 is 15.9. The monoisotopic (exact) mass is 337 g/mol. The van der Waals surface area contributed by atoms with Crippen molar-refractivity contribution in [1.29, 1.82) is 0 Å². The lowest BCUT2D eigenvalue weighted by Crippen LogP contribution is -1.92. The smallest absolute Gasteiger partial charge is 0.231 e. The van der Waals surface area contributed by atoms with Crippen LogP contribution in [0.4, 0.5) is 0 Å². The van der Waals surface area contributed by atoms with Crippen molar-refractivity contribution in [1.82, 2.24) is 4.98 Å². The Morgan fingerprint density at radius 1 is 1.04 bits per heavy atom. The van der Waals surface area contributed by atoms with Gasteiger partial charge in [0.25, 0.3) is 0 Å². The van der Waals surface area contributed by atoms with Gasteiger partial charge in [0.05, 0.1) is 12.8 Å². The summed E-state index contributed by atoms with van der Waals surface area (Å²) in [6, 6.07) is 13.8. The zero-order chi connectivity index (χ0) is 16.4. The maximum atomic E-state index is 5.39. The molecule has 2 heterocycles. The topological polar surface area (TPSA) is 40.6 Å². The van der Waals surface area contributed by atoms with Gasteiger partial charge in [-0.05, 0) is 48.0 Å². The summed E-state index contributed by atoms with van der Waals surface area (Å²) in [5, 5.41) is 3.01. The normalized spacial score (nSPS) is 12.7. The maximum Gasteiger partial charge on any atom is 0.231 e. The van der Waals surface area contributed by atoms with Crippen LogP contribution in [0, 0.1) is 0 Å². The van der Waals surface area contributed by atoms with E-state index in [9.17, 15) is 0 Å². The van der Waals surface area contributed by atoms with Crippen molar-refractivity contribution < 1.29 is 14.2 Å². The minimum atomic E-state index is 0.292. The van der Waals surface area contributed by atoms with Gasteiger partial charge in [-0.25, -0.2) is 4.98 Å². The first-order valence-electron chi connectivity index (χ1n) is 7.49. The van der Waals surface area contributed by atoms with Gasteiger partial charge in [0.1, 0.15) is 10.8 Å². The molecule has 0 fully saturated rings. The lowest BCUT2D eigenvalue weighted by Gasteiger charge is -2.00. The number of hydrogen-bond acceptors (Lipinski definition) is 5. The van der Waals surface area contributed by atoms with Crippen LogP contribution in [0.1, 0.15) is 10.6 Å². The first kappa shape index (κ1) is 14.8. The number of methoxy groups -OCH3 is 1. The van der Waals surface area contributed by atoms with Gasteiger partial charge in [0.15, 0.2) is 11.5 Å². The fourth-order valence-electron chi connectivity index (χ4n) is 2.44. The van der Waals surface area contributed by atoms with Gasteiger partial charge in [-0.1, -0.05) is 12.1 Å². The van der Waals surface area contributed by atoms with Crippen molar-refractivity contribution in [2.24, 2.45) is 0 Å². The third kappa shape index (κ3) is 2.98. The molecule has 1 aromatic heterocycles. The predicted octanol–water partition coefficient (Wildman–Crippen LogP) is 4.72. The number of fused-ring (bicyclic) bond motifs is 1. The van der Waals surface area contributed by atoms with Gasteiger partial charge in [-0.15, -0.1) is 11.3 Å². The summed E-state index contributed by atoms with van der Waals surface area (Å²) in [6.07, 6.45) is 4.04. The SMILES string of the molecule is COc1ccc(-c2csc(C=Cc3ccc4c(c3)OCO4)n2)cc1. The second-order valence-electron chi connectivity index (χ2n) is 5.25. The lowest BCUT2D eigenvalue weighted by molar-refractivity contribution is 0.174. The van der Waals surface area contributed by atoms with Crippen LogP contribution >= 0.6 is 11.3 Å². The van der Waals surface area contributed by atoms with Crippen LogP contribution in [-0.2, 0) is 0 Å². The summed E-state index contributed by atoms with van der Waals surface area (Å²) in [4.78, 5) is 4.66. The van der Waals surface area contributed by atoms with E-state index in [1.54, 1.807) is 18.4 Å². The zero-order valence-corrected chi connectivity index (χ0v) is 13.9.